The third-order valence-corrected chi connectivity index (χ3v) is 3.36. The van der Waals surface area contributed by atoms with Crippen LogP contribution in [0.3, 0.4) is 0 Å². The zero-order chi connectivity index (χ0) is 19.0. The van der Waals surface area contributed by atoms with Gasteiger partial charge in [-0.25, -0.2) is 9.78 Å². The predicted molar refractivity (Wildman–Crippen MR) is 89.1 cm³/mol. The topological polar surface area (TPSA) is 123 Å². The lowest BCUT2D eigenvalue weighted by Crippen LogP contribution is -2.45. The normalized spacial score (nSPS) is 13.2. The number of nitrogens with zero attached hydrogens (tertiary/aromatic N) is 2. The first-order valence-corrected chi connectivity index (χ1v) is 7.84. The zero-order valence-electron chi connectivity index (χ0n) is 14.8. The van der Waals surface area contributed by atoms with Crippen LogP contribution in [0.2, 0.25) is 0 Å². The van der Waals surface area contributed by atoms with Gasteiger partial charge < -0.3 is 24.8 Å². The van der Waals surface area contributed by atoms with Crippen molar-refractivity contribution in [1.82, 2.24) is 14.9 Å². The van der Waals surface area contributed by atoms with Crippen molar-refractivity contribution in [2.24, 2.45) is 7.05 Å². The van der Waals surface area contributed by atoms with Gasteiger partial charge in [-0.15, -0.1) is 0 Å². The molecular formula is C16H24N4O5. The standard InChI is InChI=1S/C16H24N4O5/c1-10(2)25-16(23)12(6-5-11(21)9-17)19-15(22)13(24-4)14-18-7-8-20(14)3/h7-10,12-13,17H,5-6H2,1-4H3,(H,19,22)/t12-,13+/m0/s1. The van der Waals surface area contributed by atoms with Crippen molar-refractivity contribution < 1.29 is 23.9 Å². The first-order valence-electron chi connectivity index (χ1n) is 7.84. The van der Waals surface area contributed by atoms with Crippen molar-refractivity contribution in [3.8, 4) is 0 Å². The van der Waals surface area contributed by atoms with Crippen LogP contribution in [0.4, 0.5) is 0 Å². The minimum absolute atomic E-state index is 0.0303. The molecule has 1 heterocycles. The molecule has 0 radical (unpaired) electrons. The molecule has 0 spiro atoms. The Labute approximate surface area is 146 Å². The molecule has 1 aromatic rings. The second-order valence-electron chi connectivity index (χ2n) is 5.71. The molecule has 2 atom stereocenters. The summed E-state index contributed by atoms with van der Waals surface area (Å²) in [4.78, 5) is 40.1. The van der Waals surface area contributed by atoms with E-state index in [9.17, 15) is 14.4 Å². The molecule has 9 nitrogen and oxygen atoms in total. The number of carbonyl (C=O) groups is 3. The zero-order valence-corrected chi connectivity index (χ0v) is 14.8. The minimum Gasteiger partial charge on any atom is -0.461 e. The van der Waals surface area contributed by atoms with Gasteiger partial charge in [0.15, 0.2) is 11.9 Å². The Balaban J connectivity index is 2.88. The number of nitrogens with one attached hydrogen (secondary N) is 2. The Morgan fingerprint density at radius 3 is 2.56 bits per heavy atom. The molecule has 0 bridgehead atoms. The summed E-state index contributed by atoms with van der Waals surface area (Å²) in [5.41, 5.74) is 0. The van der Waals surface area contributed by atoms with E-state index in [1.165, 1.54) is 13.3 Å². The number of aromatic nitrogens is 2. The van der Waals surface area contributed by atoms with Crippen molar-refractivity contribution >= 4 is 23.9 Å². The fraction of sp³-hybridized carbons (Fsp3) is 0.562. The van der Waals surface area contributed by atoms with E-state index in [0.717, 1.165) is 0 Å². The van der Waals surface area contributed by atoms with E-state index in [1.807, 2.05) is 0 Å². The van der Waals surface area contributed by atoms with E-state index in [0.29, 0.717) is 12.0 Å². The first-order chi connectivity index (χ1) is 11.8. The summed E-state index contributed by atoms with van der Waals surface area (Å²) >= 11 is 0. The number of ether oxygens (including phenoxy) is 2. The molecule has 0 aromatic carbocycles. The maximum atomic E-state index is 12.5. The summed E-state index contributed by atoms with van der Waals surface area (Å²) in [6.45, 7) is 3.37. The van der Waals surface area contributed by atoms with E-state index in [1.54, 1.807) is 31.7 Å². The van der Waals surface area contributed by atoms with Gasteiger partial charge in [0.25, 0.3) is 5.91 Å². The average molecular weight is 352 g/mol. The number of ketones is 1. The van der Waals surface area contributed by atoms with Gasteiger partial charge in [-0.2, -0.15) is 0 Å². The minimum atomic E-state index is -1.02. The number of imidazole rings is 1. The van der Waals surface area contributed by atoms with Crippen LogP contribution < -0.4 is 5.32 Å². The lowest BCUT2D eigenvalue weighted by atomic mass is 10.1. The Bertz CT molecular complexity index is 626. The molecule has 138 valence electrons. The SMILES string of the molecule is CO[C@@H](C(=O)N[C@@H](CCC(=O)C=N)C(=O)OC(C)C)c1nccn1C. The van der Waals surface area contributed by atoms with Gasteiger partial charge in [-0.1, -0.05) is 0 Å². The average Bonchev–Trinajstić information content (AvgIpc) is 2.97. The van der Waals surface area contributed by atoms with E-state index in [4.69, 9.17) is 14.9 Å². The van der Waals surface area contributed by atoms with Crippen molar-refractivity contribution in [3.05, 3.63) is 18.2 Å². The molecule has 2 N–H and O–H groups in total. The molecule has 1 aromatic heterocycles. The van der Waals surface area contributed by atoms with Crippen LogP contribution >= 0.6 is 0 Å². The lowest BCUT2D eigenvalue weighted by molar-refractivity contribution is -0.153. The summed E-state index contributed by atoms with van der Waals surface area (Å²) in [7, 11) is 3.08. The smallest absolute Gasteiger partial charge is 0.328 e. The summed E-state index contributed by atoms with van der Waals surface area (Å²) in [5, 5.41) is 9.47. The van der Waals surface area contributed by atoms with Gasteiger partial charge in [0.1, 0.15) is 11.9 Å². The van der Waals surface area contributed by atoms with E-state index in [2.05, 4.69) is 10.3 Å². The van der Waals surface area contributed by atoms with Crippen LogP contribution in [0.15, 0.2) is 12.4 Å². The molecule has 1 rings (SSSR count). The Kier molecular flexibility index (Phi) is 7.93. The van der Waals surface area contributed by atoms with Crippen molar-refractivity contribution in [2.75, 3.05) is 7.11 Å². The van der Waals surface area contributed by atoms with Gasteiger partial charge in [0.05, 0.1) is 12.3 Å². The second-order valence-corrected chi connectivity index (χ2v) is 5.71. The second kappa shape index (κ2) is 9.67. The van der Waals surface area contributed by atoms with Gasteiger partial charge >= 0.3 is 5.97 Å². The van der Waals surface area contributed by atoms with Gasteiger partial charge in [0.2, 0.25) is 0 Å². The van der Waals surface area contributed by atoms with Crippen molar-refractivity contribution in [3.63, 3.8) is 0 Å². The van der Waals surface area contributed by atoms with Gasteiger partial charge in [0, 0.05) is 33.0 Å². The van der Waals surface area contributed by atoms with Crippen LogP contribution in [0.5, 0.6) is 0 Å². The summed E-state index contributed by atoms with van der Waals surface area (Å²) in [6, 6.07) is -1.02. The number of hydrogen-bond acceptors (Lipinski definition) is 7. The molecular weight excluding hydrogens is 328 g/mol. The number of aryl methyl sites for hydroxylation is 1. The monoisotopic (exact) mass is 352 g/mol. The van der Waals surface area contributed by atoms with Crippen LogP contribution in [0.25, 0.3) is 0 Å². The van der Waals surface area contributed by atoms with Crippen LogP contribution in [-0.2, 0) is 30.9 Å². The number of amides is 1. The highest BCUT2D eigenvalue weighted by molar-refractivity contribution is 6.26. The van der Waals surface area contributed by atoms with E-state index in [-0.39, 0.29) is 18.9 Å². The Morgan fingerprint density at radius 2 is 2.08 bits per heavy atom. The number of methoxy groups -OCH3 is 1. The Morgan fingerprint density at radius 1 is 1.40 bits per heavy atom. The fourth-order valence-electron chi connectivity index (χ4n) is 2.13. The molecule has 0 fully saturated rings. The third kappa shape index (κ3) is 6.11. The number of Topliss-reactive ketones (excluding diaryl/α,β-unsaturated/α-hetero) is 1. The predicted octanol–water partition coefficient (Wildman–Crippen LogP) is 0.543. The molecule has 25 heavy (non-hydrogen) atoms. The van der Waals surface area contributed by atoms with Crippen molar-refractivity contribution in [1.29, 1.82) is 5.41 Å². The molecule has 0 saturated carbocycles. The quantitative estimate of drug-likeness (QED) is 0.468. The lowest BCUT2D eigenvalue weighted by Gasteiger charge is -2.21. The molecule has 0 aliphatic carbocycles. The molecule has 9 heteroatoms. The molecule has 0 unspecified atom stereocenters. The van der Waals surface area contributed by atoms with Crippen LogP contribution in [0.1, 0.15) is 38.6 Å². The Hall–Kier alpha value is -2.55. The van der Waals surface area contributed by atoms with Crippen LogP contribution in [0, 0.1) is 5.41 Å². The van der Waals surface area contributed by atoms with Gasteiger partial charge in [-0.05, 0) is 20.3 Å². The highest BCUT2D eigenvalue weighted by atomic mass is 16.5. The number of hydrogen-bond donors (Lipinski definition) is 2. The summed E-state index contributed by atoms with van der Waals surface area (Å²) in [6.07, 6.45) is 2.48. The fourth-order valence-corrected chi connectivity index (χ4v) is 2.13. The maximum absolute atomic E-state index is 12.5. The summed E-state index contributed by atoms with van der Waals surface area (Å²) < 4.78 is 12.0. The number of esters is 1. The van der Waals surface area contributed by atoms with Gasteiger partial charge in [-0.3, -0.25) is 9.59 Å². The molecule has 0 aliphatic heterocycles. The maximum Gasteiger partial charge on any atom is 0.328 e. The number of rotatable bonds is 10. The molecule has 0 aliphatic rings. The first kappa shape index (κ1) is 20.5. The van der Waals surface area contributed by atoms with Crippen molar-refractivity contribution in [2.45, 2.75) is 44.9 Å². The highest BCUT2D eigenvalue weighted by Crippen LogP contribution is 2.15. The highest BCUT2D eigenvalue weighted by Gasteiger charge is 2.30. The summed E-state index contributed by atoms with van der Waals surface area (Å²) in [5.74, 6) is -1.27. The van der Waals surface area contributed by atoms with E-state index >= 15 is 0 Å². The van der Waals surface area contributed by atoms with Crippen LogP contribution in [-0.4, -0.2) is 52.7 Å². The number of carbonyl (C=O) groups excluding carboxylic acids is 3. The molecule has 1 amide bonds. The third-order valence-electron chi connectivity index (χ3n) is 3.36. The van der Waals surface area contributed by atoms with E-state index < -0.39 is 29.8 Å². The largest absolute Gasteiger partial charge is 0.461 e. The molecule has 0 saturated heterocycles.